The SMILES string of the molecule is CC#CC(O)(Cc1ncn[nH]1)c1ccc(Oc2ccccc2C)cc1Cl. The Morgan fingerprint density at radius 2 is 2.08 bits per heavy atom. The molecule has 0 saturated carbocycles. The summed E-state index contributed by atoms with van der Waals surface area (Å²) in [6, 6.07) is 12.9. The highest BCUT2D eigenvalue weighted by Gasteiger charge is 2.31. The van der Waals surface area contributed by atoms with Crippen molar-refractivity contribution in [1.82, 2.24) is 15.2 Å². The van der Waals surface area contributed by atoms with E-state index >= 15 is 0 Å². The summed E-state index contributed by atoms with van der Waals surface area (Å²) in [6.45, 7) is 3.63. The number of aliphatic hydroxyl groups is 1. The van der Waals surface area contributed by atoms with E-state index in [1.165, 1.54) is 6.33 Å². The third-order valence-electron chi connectivity index (χ3n) is 3.93. The van der Waals surface area contributed by atoms with Crippen LogP contribution >= 0.6 is 11.6 Å². The molecule has 3 aromatic rings. The minimum Gasteiger partial charge on any atom is -0.457 e. The number of aromatic nitrogens is 3. The first-order valence-electron chi connectivity index (χ1n) is 8.06. The monoisotopic (exact) mass is 367 g/mol. The van der Waals surface area contributed by atoms with Gasteiger partial charge >= 0.3 is 0 Å². The molecule has 6 heteroatoms. The fourth-order valence-corrected chi connectivity index (χ4v) is 2.99. The smallest absolute Gasteiger partial charge is 0.159 e. The fourth-order valence-electron chi connectivity index (χ4n) is 2.66. The van der Waals surface area contributed by atoms with E-state index in [9.17, 15) is 5.11 Å². The van der Waals surface area contributed by atoms with Crippen LogP contribution in [0.1, 0.15) is 23.9 Å². The van der Waals surface area contributed by atoms with Crippen LogP contribution in [0.4, 0.5) is 0 Å². The van der Waals surface area contributed by atoms with Crippen LogP contribution in [-0.4, -0.2) is 20.3 Å². The van der Waals surface area contributed by atoms with Gasteiger partial charge in [-0.15, -0.1) is 5.92 Å². The van der Waals surface area contributed by atoms with Crippen LogP contribution in [0.25, 0.3) is 0 Å². The lowest BCUT2D eigenvalue weighted by Crippen LogP contribution is -2.27. The van der Waals surface area contributed by atoms with Gasteiger partial charge in [-0.3, -0.25) is 5.10 Å². The van der Waals surface area contributed by atoms with E-state index in [1.807, 2.05) is 31.2 Å². The minimum absolute atomic E-state index is 0.144. The maximum absolute atomic E-state index is 11.1. The van der Waals surface area contributed by atoms with Crippen molar-refractivity contribution in [1.29, 1.82) is 0 Å². The van der Waals surface area contributed by atoms with E-state index < -0.39 is 5.60 Å². The number of nitrogens with zero attached hydrogens (tertiary/aromatic N) is 2. The van der Waals surface area contributed by atoms with Crippen LogP contribution < -0.4 is 4.74 Å². The summed E-state index contributed by atoms with van der Waals surface area (Å²) in [7, 11) is 0. The Balaban J connectivity index is 1.91. The summed E-state index contributed by atoms with van der Waals surface area (Å²) in [4.78, 5) is 4.06. The van der Waals surface area contributed by atoms with Crippen LogP contribution in [0.2, 0.25) is 5.02 Å². The highest BCUT2D eigenvalue weighted by Crippen LogP contribution is 2.35. The van der Waals surface area contributed by atoms with Gasteiger partial charge in [0.2, 0.25) is 0 Å². The molecule has 0 fully saturated rings. The Kier molecular flexibility index (Phi) is 5.27. The van der Waals surface area contributed by atoms with Crippen LogP contribution in [-0.2, 0) is 12.0 Å². The number of para-hydroxylation sites is 1. The van der Waals surface area contributed by atoms with Gasteiger partial charge in [-0.25, -0.2) is 4.98 Å². The number of rotatable bonds is 5. The van der Waals surface area contributed by atoms with E-state index in [4.69, 9.17) is 16.3 Å². The Labute approximate surface area is 157 Å². The molecule has 2 N–H and O–H groups in total. The first-order chi connectivity index (χ1) is 12.5. The van der Waals surface area contributed by atoms with E-state index in [1.54, 1.807) is 25.1 Å². The molecule has 1 atom stereocenters. The largest absolute Gasteiger partial charge is 0.457 e. The number of aryl methyl sites for hydroxylation is 1. The second kappa shape index (κ2) is 7.61. The standard InChI is InChI=1S/C20H18ClN3O2/c1-3-10-20(25,12-19-22-13-23-24-19)16-9-8-15(11-17(16)21)26-18-7-5-4-6-14(18)2/h4-9,11,13,25H,12H2,1-2H3,(H,22,23,24). The molecule has 0 saturated heterocycles. The molecule has 132 valence electrons. The number of H-pyrrole nitrogens is 1. The van der Waals surface area contributed by atoms with Crippen molar-refractivity contribution >= 4 is 11.6 Å². The van der Waals surface area contributed by atoms with Crippen molar-refractivity contribution < 1.29 is 9.84 Å². The summed E-state index contributed by atoms with van der Waals surface area (Å²) >= 11 is 6.44. The molecule has 0 aliphatic carbocycles. The summed E-state index contributed by atoms with van der Waals surface area (Å²) < 4.78 is 5.89. The predicted molar refractivity (Wildman–Crippen MR) is 100 cm³/mol. The Hall–Kier alpha value is -2.81. The molecule has 0 aliphatic rings. The quantitative estimate of drug-likeness (QED) is 0.668. The highest BCUT2D eigenvalue weighted by atomic mass is 35.5. The zero-order valence-corrected chi connectivity index (χ0v) is 15.2. The number of ether oxygens (including phenoxy) is 1. The first kappa shape index (κ1) is 18.0. The zero-order chi connectivity index (χ0) is 18.6. The molecule has 3 rings (SSSR count). The van der Waals surface area contributed by atoms with Gasteiger partial charge in [-0.05, 0) is 43.7 Å². The second-order valence-corrected chi connectivity index (χ2v) is 6.26. The normalized spacial score (nSPS) is 12.8. The van der Waals surface area contributed by atoms with Crippen molar-refractivity contribution in [3.63, 3.8) is 0 Å². The predicted octanol–water partition coefficient (Wildman–Crippen LogP) is 4.01. The fraction of sp³-hybridized carbons (Fsp3) is 0.200. The van der Waals surface area contributed by atoms with Gasteiger partial charge in [-0.2, -0.15) is 5.10 Å². The van der Waals surface area contributed by atoms with Gasteiger partial charge in [0.25, 0.3) is 0 Å². The molecule has 2 aromatic carbocycles. The van der Waals surface area contributed by atoms with Gasteiger partial charge in [0.1, 0.15) is 23.7 Å². The number of aromatic amines is 1. The summed E-state index contributed by atoms with van der Waals surface area (Å²) in [5.74, 6) is 7.44. The molecule has 1 aromatic heterocycles. The third-order valence-corrected chi connectivity index (χ3v) is 4.24. The molecular formula is C20H18ClN3O2. The zero-order valence-electron chi connectivity index (χ0n) is 14.5. The Morgan fingerprint density at radius 1 is 1.27 bits per heavy atom. The van der Waals surface area contributed by atoms with Crippen molar-refractivity contribution in [3.8, 4) is 23.3 Å². The molecule has 0 amide bonds. The summed E-state index contributed by atoms with van der Waals surface area (Å²) in [6.07, 6.45) is 1.53. The van der Waals surface area contributed by atoms with E-state index in [-0.39, 0.29) is 6.42 Å². The number of benzene rings is 2. The van der Waals surface area contributed by atoms with Crippen LogP contribution in [0.3, 0.4) is 0 Å². The Bertz CT molecular complexity index is 961. The van der Waals surface area contributed by atoms with Gasteiger partial charge in [0.05, 0.1) is 11.4 Å². The van der Waals surface area contributed by atoms with E-state index in [2.05, 4.69) is 27.0 Å². The number of nitrogens with one attached hydrogen (secondary N) is 1. The van der Waals surface area contributed by atoms with Crippen molar-refractivity contribution in [2.24, 2.45) is 0 Å². The maximum atomic E-state index is 11.1. The number of hydrogen-bond acceptors (Lipinski definition) is 4. The van der Waals surface area contributed by atoms with E-state index in [0.717, 1.165) is 11.3 Å². The molecule has 1 unspecified atom stereocenters. The number of halogens is 1. The molecular weight excluding hydrogens is 350 g/mol. The van der Waals surface area contributed by atoms with Gasteiger partial charge < -0.3 is 9.84 Å². The van der Waals surface area contributed by atoms with Crippen molar-refractivity contribution in [2.75, 3.05) is 0 Å². The average Bonchev–Trinajstić information content (AvgIpc) is 3.10. The van der Waals surface area contributed by atoms with Crippen LogP contribution in [0, 0.1) is 18.8 Å². The third kappa shape index (κ3) is 3.88. The second-order valence-electron chi connectivity index (χ2n) is 5.85. The molecule has 0 aliphatic heterocycles. The van der Waals surface area contributed by atoms with Crippen molar-refractivity contribution in [2.45, 2.75) is 25.9 Å². The summed E-state index contributed by atoms with van der Waals surface area (Å²) in [5.41, 5.74) is 0.0282. The van der Waals surface area contributed by atoms with Crippen LogP contribution in [0.5, 0.6) is 11.5 Å². The topological polar surface area (TPSA) is 71.0 Å². The molecule has 0 radical (unpaired) electrons. The highest BCUT2D eigenvalue weighted by molar-refractivity contribution is 6.31. The summed E-state index contributed by atoms with van der Waals surface area (Å²) in [5, 5.41) is 18.0. The minimum atomic E-state index is -1.48. The maximum Gasteiger partial charge on any atom is 0.159 e. The lowest BCUT2D eigenvalue weighted by molar-refractivity contribution is 0.0984. The lowest BCUT2D eigenvalue weighted by Gasteiger charge is -2.23. The van der Waals surface area contributed by atoms with Crippen LogP contribution in [0.15, 0.2) is 48.8 Å². The average molecular weight is 368 g/mol. The molecule has 5 nitrogen and oxygen atoms in total. The van der Waals surface area contributed by atoms with E-state index in [0.29, 0.717) is 22.2 Å². The molecule has 0 bridgehead atoms. The number of hydrogen-bond donors (Lipinski definition) is 2. The van der Waals surface area contributed by atoms with Gasteiger partial charge in [0.15, 0.2) is 5.60 Å². The van der Waals surface area contributed by atoms with Gasteiger partial charge in [-0.1, -0.05) is 35.7 Å². The molecule has 1 heterocycles. The Morgan fingerprint density at radius 3 is 2.73 bits per heavy atom. The first-order valence-corrected chi connectivity index (χ1v) is 8.43. The molecule has 0 spiro atoms. The van der Waals surface area contributed by atoms with Gasteiger partial charge in [0, 0.05) is 5.56 Å². The lowest BCUT2D eigenvalue weighted by atomic mass is 9.90. The molecule has 26 heavy (non-hydrogen) atoms. The van der Waals surface area contributed by atoms with Crippen molar-refractivity contribution in [3.05, 3.63) is 70.8 Å².